The van der Waals surface area contributed by atoms with Crippen molar-refractivity contribution in [3.05, 3.63) is 42.6 Å². The van der Waals surface area contributed by atoms with E-state index in [4.69, 9.17) is 0 Å². The number of hydrogen-bond acceptors (Lipinski definition) is 5. The largest absolute Gasteiger partial charge is 0.378 e. The lowest BCUT2D eigenvalue weighted by atomic mass is 10.1. The molecule has 25 heavy (non-hydrogen) atoms. The summed E-state index contributed by atoms with van der Waals surface area (Å²) in [5.74, 6) is 0.438. The zero-order chi connectivity index (χ0) is 17.8. The molecule has 0 fully saturated rings. The summed E-state index contributed by atoms with van der Waals surface area (Å²) in [7, 11) is 4.00. The number of pyridine rings is 1. The normalized spacial score (nSPS) is 10.5. The number of carbonyl (C=O) groups excluding carboxylic acids is 1. The minimum atomic E-state index is -0.294. The van der Waals surface area contributed by atoms with Crippen LogP contribution in [-0.2, 0) is 0 Å². The van der Waals surface area contributed by atoms with Crippen molar-refractivity contribution < 1.29 is 4.79 Å². The number of rotatable bonds is 4. The molecule has 7 heteroatoms. The van der Waals surface area contributed by atoms with E-state index >= 15 is 0 Å². The highest BCUT2D eigenvalue weighted by Crippen LogP contribution is 2.22. The molecule has 0 aliphatic rings. The van der Waals surface area contributed by atoms with Gasteiger partial charge in [0, 0.05) is 31.9 Å². The van der Waals surface area contributed by atoms with Gasteiger partial charge in [-0.2, -0.15) is 0 Å². The van der Waals surface area contributed by atoms with Gasteiger partial charge in [-0.05, 0) is 31.2 Å². The van der Waals surface area contributed by atoms with Gasteiger partial charge in [-0.1, -0.05) is 12.1 Å². The van der Waals surface area contributed by atoms with E-state index < -0.39 is 0 Å². The zero-order valence-corrected chi connectivity index (χ0v) is 14.4. The van der Waals surface area contributed by atoms with Gasteiger partial charge in [0.15, 0.2) is 5.65 Å². The van der Waals surface area contributed by atoms with Gasteiger partial charge in [-0.3, -0.25) is 10.3 Å². The van der Waals surface area contributed by atoms with Crippen molar-refractivity contribution in [2.75, 3.05) is 30.9 Å². The molecule has 0 spiro atoms. The maximum atomic E-state index is 11.6. The summed E-state index contributed by atoms with van der Waals surface area (Å²) in [5.41, 5.74) is 3.98. The minimum absolute atomic E-state index is 0.294. The van der Waals surface area contributed by atoms with E-state index in [9.17, 15) is 4.79 Å². The zero-order valence-electron chi connectivity index (χ0n) is 14.4. The van der Waals surface area contributed by atoms with Crippen LogP contribution in [0.25, 0.3) is 22.4 Å². The van der Waals surface area contributed by atoms with E-state index in [0.29, 0.717) is 23.5 Å². The van der Waals surface area contributed by atoms with Crippen LogP contribution < -0.4 is 15.5 Å². The molecule has 1 aromatic carbocycles. The van der Waals surface area contributed by atoms with Gasteiger partial charge in [0.2, 0.25) is 0 Å². The molecule has 0 radical (unpaired) electrons. The summed E-state index contributed by atoms with van der Waals surface area (Å²) in [6.07, 6.45) is 1.73. The molecule has 0 bridgehead atoms. The summed E-state index contributed by atoms with van der Waals surface area (Å²) >= 11 is 0. The van der Waals surface area contributed by atoms with Gasteiger partial charge in [0.05, 0.1) is 11.9 Å². The summed E-state index contributed by atoms with van der Waals surface area (Å²) in [5, 5.41) is 5.34. The van der Waals surface area contributed by atoms with Crippen molar-refractivity contribution in [3.63, 3.8) is 0 Å². The topological polar surface area (TPSA) is 83.0 Å². The molecule has 128 valence electrons. The fraction of sp³-hybridized carbons (Fsp3) is 0.222. The van der Waals surface area contributed by atoms with Crippen LogP contribution in [0.5, 0.6) is 0 Å². The number of anilines is 2. The highest BCUT2D eigenvalue weighted by molar-refractivity contribution is 5.89. The van der Waals surface area contributed by atoms with E-state index in [1.54, 1.807) is 18.3 Å². The van der Waals surface area contributed by atoms with Crippen LogP contribution in [0.1, 0.15) is 6.92 Å². The summed E-state index contributed by atoms with van der Waals surface area (Å²) in [6.45, 7) is 2.40. The molecule has 0 aliphatic carbocycles. The third-order valence-corrected chi connectivity index (χ3v) is 3.67. The standard InChI is InChI=1S/C18H20N6O/c1-4-19-18(25)23-16-10-9-14-17(22-16)21-15(11-20-14)12-5-7-13(8-6-12)24(2)3/h5-11H,4H2,1-3H3,(H2,19,21,22,23,25). The molecule has 7 nitrogen and oxygen atoms in total. The molecule has 0 atom stereocenters. The van der Waals surface area contributed by atoms with Crippen molar-refractivity contribution in [3.8, 4) is 11.3 Å². The van der Waals surface area contributed by atoms with Crippen molar-refractivity contribution in [1.82, 2.24) is 20.3 Å². The number of carbonyl (C=O) groups is 1. The van der Waals surface area contributed by atoms with Crippen molar-refractivity contribution in [2.45, 2.75) is 6.92 Å². The SMILES string of the molecule is CCNC(=O)Nc1ccc2ncc(-c3ccc(N(C)C)cc3)nc2n1. The number of nitrogens with zero attached hydrogens (tertiary/aromatic N) is 4. The fourth-order valence-corrected chi connectivity index (χ4v) is 2.36. The first kappa shape index (κ1) is 16.6. The number of fused-ring (bicyclic) bond motifs is 1. The van der Waals surface area contributed by atoms with E-state index in [1.165, 1.54) is 0 Å². The molecule has 0 saturated heterocycles. The predicted molar refractivity (Wildman–Crippen MR) is 99.8 cm³/mol. The lowest BCUT2D eigenvalue weighted by Gasteiger charge is -2.12. The Labute approximate surface area is 146 Å². The van der Waals surface area contributed by atoms with E-state index in [2.05, 4.69) is 25.6 Å². The second-order valence-electron chi connectivity index (χ2n) is 5.72. The molecule has 3 rings (SSSR count). The molecular formula is C18H20N6O. The fourth-order valence-electron chi connectivity index (χ4n) is 2.36. The van der Waals surface area contributed by atoms with Gasteiger partial charge in [0.25, 0.3) is 0 Å². The number of aromatic nitrogens is 3. The Bertz CT molecular complexity index is 892. The third kappa shape index (κ3) is 3.82. The van der Waals surface area contributed by atoms with E-state index in [-0.39, 0.29) is 6.03 Å². The Morgan fingerprint density at radius 1 is 1.08 bits per heavy atom. The molecule has 2 heterocycles. The Hall–Kier alpha value is -3.22. The molecule has 2 N–H and O–H groups in total. The first-order valence-corrected chi connectivity index (χ1v) is 8.03. The first-order valence-electron chi connectivity index (χ1n) is 8.03. The predicted octanol–water partition coefficient (Wildman–Crippen LogP) is 2.90. The Balaban J connectivity index is 1.91. The van der Waals surface area contributed by atoms with Gasteiger partial charge < -0.3 is 10.2 Å². The smallest absolute Gasteiger partial charge is 0.320 e. The Kier molecular flexibility index (Phi) is 4.74. The van der Waals surface area contributed by atoms with Crippen LogP contribution >= 0.6 is 0 Å². The second-order valence-corrected chi connectivity index (χ2v) is 5.72. The Morgan fingerprint density at radius 3 is 2.52 bits per heavy atom. The van der Waals surface area contributed by atoms with E-state index in [0.717, 1.165) is 16.9 Å². The van der Waals surface area contributed by atoms with Crippen molar-refractivity contribution in [1.29, 1.82) is 0 Å². The van der Waals surface area contributed by atoms with Crippen LogP contribution in [0, 0.1) is 0 Å². The van der Waals surface area contributed by atoms with Crippen LogP contribution in [0.2, 0.25) is 0 Å². The summed E-state index contributed by atoms with van der Waals surface area (Å²) < 4.78 is 0. The summed E-state index contributed by atoms with van der Waals surface area (Å²) in [6, 6.07) is 11.3. The van der Waals surface area contributed by atoms with Gasteiger partial charge >= 0.3 is 6.03 Å². The number of hydrogen-bond donors (Lipinski definition) is 2. The van der Waals surface area contributed by atoms with Crippen LogP contribution in [0.4, 0.5) is 16.3 Å². The van der Waals surface area contributed by atoms with Crippen molar-refractivity contribution in [2.24, 2.45) is 0 Å². The molecule has 0 aliphatic heterocycles. The highest BCUT2D eigenvalue weighted by atomic mass is 16.2. The number of urea groups is 1. The number of benzene rings is 1. The average Bonchev–Trinajstić information content (AvgIpc) is 2.61. The van der Waals surface area contributed by atoms with Crippen LogP contribution in [0.3, 0.4) is 0 Å². The van der Waals surface area contributed by atoms with Crippen LogP contribution in [0.15, 0.2) is 42.6 Å². The van der Waals surface area contributed by atoms with Crippen molar-refractivity contribution >= 4 is 28.7 Å². The molecule has 3 aromatic rings. The second kappa shape index (κ2) is 7.12. The summed E-state index contributed by atoms with van der Waals surface area (Å²) in [4.78, 5) is 27.0. The minimum Gasteiger partial charge on any atom is -0.378 e. The molecule has 2 aromatic heterocycles. The maximum absolute atomic E-state index is 11.6. The lowest BCUT2D eigenvalue weighted by molar-refractivity contribution is 0.252. The molecule has 0 unspecified atom stereocenters. The average molecular weight is 336 g/mol. The monoisotopic (exact) mass is 336 g/mol. The Morgan fingerprint density at radius 2 is 1.84 bits per heavy atom. The maximum Gasteiger partial charge on any atom is 0.320 e. The van der Waals surface area contributed by atoms with Gasteiger partial charge in [0.1, 0.15) is 11.3 Å². The molecule has 2 amide bonds. The number of nitrogens with one attached hydrogen (secondary N) is 2. The highest BCUT2D eigenvalue weighted by Gasteiger charge is 2.07. The van der Waals surface area contributed by atoms with Crippen LogP contribution in [-0.4, -0.2) is 41.6 Å². The van der Waals surface area contributed by atoms with Gasteiger partial charge in [-0.25, -0.2) is 14.8 Å². The molecular weight excluding hydrogens is 316 g/mol. The lowest BCUT2D eigenvalue weighted by Crippen LogP contribution is -2.28. The quantitative estimate of drug-likeness (QED) is 0.765. The van der Waals surface area contributed by atoms with E-state index in [1.807, 2.05) is 50.2 Å². The molecule has 0 saturated carbocycles. The third-order valence-electron chi connectivity index (χ3n) is 3.67. The van der Waals surface area contributed by atoms with Gasteiger partial charge in [-0.15, -0.1) is 0 Å². The first-order chi connectivity index (χ1) is 12.1. The number of amides is 2.